The fourth-order valence-electron chi connectivity index (χ4n) is 4.10. The maximum absolute atomic E-state index is 12.8. The van der Waals surface area contributed by atoms with Gasteiger partial charge in [-0.3, -0.25) is 4.90 Å². The minimum Gasteiger partial charge on any atom is -0.493 e. The molecule has 2 aromatic rings. The fraction of sp³-hybridized carbons (Fsp3) is 0.474. The fourth-order valence-corrected chi connectivity index (χ4v) is 5.34. The van der Waals surface area contributed by atoms with Crippen LogP contribution in [0.3, 0.4) is 0 Å². The van der Waals surface area contributed by atoms with Crippen molar-refractivity contribution < 1.29 is 22.6 Å². The largest absolute Gasteiger partial charge is 0.493 e. The number of thiophene rings is 1. The van der Waals surface area contributed by atoms with Gasteiger partial charge < -0.3 is 9.47 Å². The summed E-state index contributed by atoms with van der Waals surface area (Å²) in [6.07, 6.45) is -3.41. The van der Waals surface area contributed by atoms with Gasteiger partial charge in [-0.1, -0.05) is 6.07 Å². The molecular formula is C19H20F3NO2S. The van der Waals surface area contributed by atoms with Gasteiger partial charge >= 0.3 is 6.18 Å². The number of halogens is 3. The van der Waals surface area contributed by atoms with Gasteiger partial charge in [-0.2, -0.15) is 13.2 Å². The first kappa shape index (κ1) is 17.7. The molecule has 1 aromatic carbocycles. The first-order valence-electron chi connectivity index (χ1n) is 8.54. The van der Waals surface area contributed by atoms with E-state index in [1.54, 1.807) is 20.3 Å². The third-order valence-electron chi connectivity index (χ3n) is 5.21. The molecule has 0 bridgehead atoms. The number of hydrogen-bond donors (Lipinski definition) is 0. The molecule has 0 unspecified atom stereocenters. The molecule has 3 nitrogen and oxygen atoms in total. The summed E-state index contributed by atoms with van der Waals surface area (Å²) in [6.45, 7) is 1.58. The van der Waals surface area contributed by atoms with Crippen molar-refractivity contribution in [3.63, 3.8) is 0 Å². The molecule has 0 radical (unpaired) electrons. The van der Waals surface area contributed by atoms with E-state index in [4.69, 9.17) is 9.47 Å². The van der Waals surface area contributed by atoms with E-state index in [0.717, 1.165) is 47.7 Å². The Balaban J connectivity index is 1.68. The molecular weight excluding hydrogens is 363 g/mol. The third kappa shape index (κ3) is 3.07. The molecule has 0 fully saturated rings. The molecule has 3 heterocycles. The van der Waals surface area contributed by atoms with Gasteiger partial charge in [0.05, 0.1) is 20.6 Å². The standard InChI is InChI=1S/C19H20F3NO2S/c1-24-16-4-3-11-7-15-13-8-12(9-19(20,21)22)26-17(13)5-6-23(15)10-14(11)18(16)25-2/h3-4,8,15H,5-7,9-10H2,1-2H3/t15-/m0/s1. The van der Waals surface area contributed by atoms with E-state index in [0.29, 0.717) is 10.6 Å². The van der Waals surface area contributed by atoms with Crippen molar-refractivity contribution in [3.05, 3.63) is 44.6 Å². The predicted molar refractivity (Wildman–Crippen MR) is 94.2 cm³/mol. The van der Waals surface area contributed by atoms with Gasteiger partial charge in [-0.15, -0.1) is 11.3 Å². The lowest BCUT2D eigenvalue weighted by molar-refractivity contribution is -0.126. The van der Waals surface area contributed by atoms with Crippen LogP contribution in [0.5, 0.6) is 11.5 Å². The molecule has 0 N–H and O–H groups in total. The summed E-state index contributed by atoms with van der Waals surface area (Å²) in [5.41, 5.74) is 3.37. The highest BCUT2D eigenvalue weighted by Gasteiger charge is 2.36. The Morgan fingerprint density at radius 2 is 2.04 bits per heavy atom. The Hall–Kier alpha value is -1.73. The zero-order chi connectivity index (χ0) is 18.5. The number of ether oxygens (including phenoxy) is 2. The van der Waals surface area contributed by atoms with Crippen molar-refractivity contribution in [1.29, 1.82) is 0 Å². The van der Waals surface area contributed by atoms with Crippen molar-refractivity contribution in [1.82, 2.24) is 4.90 Å². The summed E-state index contributed by atoms with van der Waals surface area (Å²) in [4.78, 5) is 3.87. The predicted octanol–water partition coefficient (Wildman–Crippen LogP) is 4.53. The van der Waals surface area contributed by atoms with Crippen LogP contribution in [-0.2, 0) is 25.8 Å². The Morgan fingerprint density at radius 1 is 1.23 bits per heavy atom. The summed E-state index contributed by atoms with van der Waals surface area (Å²) in [6, 6.07) is 5.86. The number of alkyl halides is 3. The SMILES string of the molecule is COc1ccc2c(c1OC)CN1CCc3sc(CC(F)(F)F)cc3[C@@H]1C2. The number of benzene rings is 1. The second kappa shape index (κ2) is 6.46. The summed E-state index contributed by atoms with van der Waals surface area (Å²) in [7, 11) is 3.26. The average molecular weight is 383 g/mol. The van der Waals surface area contributed by atoms with E-state index in [1.165, 1.54) is 16.9 Å². The highest BCUT2D eigenvalue weighted by Crippen LogP contribution is 2.45. The number of methoxy groups -OCH3 is 2. The molecule has 26 heavy (non-hydrogen) atoms. The summed E-state index contributed by atoms with van der Waals surface area (Å²) < 4.78 is 49.2. The summed E-state index contributed by atoms with van der Waals surface area (Å²) >= 11 is 1.32. The van der Waals surface area contributed by atoms with Gasteiger partial charge in [0.1, 0.15) is 0 Å². The highest BCUT2D eigenvalue weighted by atomic mass is 32.1. The molecule has 0 spiro atoms. The van der Waals surface area contributed by atoms with E-state index >= 15 is 0 Å². The van der Waals surface area contributed by atoms with Crippen LogP contribution >= 0.6 is 11.3 Å². The van der Waals surface area contributed by atoms with E-state index in [9.17, 15) is 13.2 Å². The molecule has 0 saturated carbocycles. The lowest BCUT2D eigenvalue weighted by Gasteiger charge is -2.40. The topological polar surface area (TPSA) is 21.7 Å². The Bertz CT molecular complexity index is 831. The molecule has 1 aromatic heterocycles. The van der Waals surface area contributed by atoms with Crippen LogP contribution in [0.1, 0.15) is 32.5 Å². The van der Waals surface area contributed by atoms with E-state index < -0.39 is 12.6 Å². The van der Waals surface area contributed by atoms with Crippen LogP contribution in [0.4, 0.5) is 13.2 Å². The molecule has 0 saturated heterocycles. The molecule has 4 rings (SSSR count). The van der Waals surface area contributed by atoms with Crippen molar-refractivity contribution in [2.24, 2.45) is 0 Å². The first-order chi connectivity index (χ1) is 12.4. The number of rotatable bonds is 3. The van der Waals surface area contributed by atoms with Crippen molar-refractivity contribution in [2.45, 2.75) is 38.0 Å². The minimum absolute atomic E-state index is 0.141. The second-order valence-corrected chi connectivity index (χ2v) is 7.98. The number of fused-ring (bicyclic) bond motifs is 4. The molecule has 0 aliphatic carbocycles. The average Bonchev–Trinajstić information content (AvgIpc) is 2.99. The maximum Gasteiger partial charge on any atom is 0.393 e. The van der Waals surface area contributed by atoms with Crippen molar-refractivity contribution in [3.8, 4) is 11.5 Å². The normalized spacial score (nSPS) is 19.5. The molecule has 140 valence electrons. The van der Waals surface area contributed by atoms with Crippen LogP contribution in [0.25, 0.3) is 0 Å². The van der Waals surface area contributed by atoms with Crippen molar-refractivity contribution in [2.75, 3.05) is 20.8 Å². The van der Waals surface area contributed by atoms with Gasteiger partial charge in [-0.25, -0.2) is 0 Å². The van der Waals surface area contributed by atoms with Crippen LogP contribution in [0.2, 0.25) is 0 Å². The van der Waals surface area contributed by atoms with Crippen LogP contribution in [0.15, 0.2) is 18.2 Å². The number of nitrogens with zero attached hydrogens (tertiary/aromatic N) is 1. The molecule has 2 aliphatic heterocycles. The quantitative estimate of drug-likeness (QED) is 0.778. The highest BCUT2D eigenvalue weighted by molar-refractivity contribution is 7.12. The monoisotopic (exact) mass is 383 g/mol. The lowest BCUT2D eigenvalue weighted by Crippen LogP contribution is -2.38. The van der Waals surface area contributed by atoms with Crippen LogP contribution < -0.4 is 9.47 Å². The molecule has 2 aliphatic rings. The second-order valence-electron chi connectivity index (χ2n) is 6.76. The molecule has 1 atom stereocenters. The summed E-state index contributed by atoms with van der Waals surface area (Å²) in [5.74, 6) is 1.47. The van der Waals surface area contributed by atoms with Crippen molar-refractivity contribution >= 4 is 11.3 Å². The van der Waals surface area contributed by atoms with Gasteiger partial charge in [-0.05, 0) is 36.1 Å². The van der Waals surface area contributed by atoms with E-state index in [1.807, 2.05) is 12.1 Å². The van der Waals surface area contributed by atoms with Gasteiger partial charge in [0.2, 0.25) is 0 Å². The van der Waals surface area contributed by atoms with Gasteiger partial charge in [0.15, 0.2) is 11.5 Å². The molecule has 7 heteroatoms. The lowest BCUT2D eigenvalue weighted by atomic mass is 9.86. The Kier molecular flexibility index (Phi) is 4.39. The van der Waals surface area contributed by atoms with Crippen LogP contribution in [-0.4, -0.2) is 31.8 Å². The molecule has 0 amide bonds. The minimum atomic E-state index is -4.16. The first-order valence-corrected chi connectivity index (χ1v) is 9.36. The maximum atomic E-state index is 12.8. The van der Waals surface area contributed by atoms with E-state index in [2.05, 4.69) is 4.90 Å². The van der Waals surface area contributed by atoms with Gasteiger partial charge in [0, 0.05) is 34.4 Å². The smallest absolute Gasteiger partial charge is 0.393 e. The zero-order valence-electron chi connectivity index (χ0n) is 14.7. The number of hydrogen-bond acceptors (Lipinski definition) is 4. The van der Waals surface area contributed by atoms with E-state index in [-0.39, 0.29) is 6.04 Å². The third-order valence-corrected chi connectivity index (χ3v) is 6.42. The summed E-state index contributed by atoms with van der Waals surface area (Å²) in [5, 5.41) is 0. The van der Waals surface area contributed by atoms with Gasteiger partial charge in [0.25, 0.3) is 0 Å². The zero-order valence-corrected chi connectivity index (χ0v) is 15.5. The van der Waals surface area contributed by atoms with Crippen LogP contribution in [0, 0.1) is 0 Å². The Morgan fingerprint density at radius 3 is 2.73 bits per heavy atom. The Labute approximate surface area is 154 Å².